The molecular weight excluding hydrogens is 276 g/mol. The summed E-state index contributed by atoms with van der Waals surface area (Å²) in [5.41, 5.74) is 1.97. The Labute approximate surface area is 131 Å². The lowest BCUT2D eigenvalue weighted by Gasteiger charge is -2.25. The predicted octanol–water partition coefficient (Wildman–Crippen LogP) is 2.14. The van der Waals surface area contributed by atoms with Crippen LogP contribution in [0, 0.1) is 0 Å². The molecule has 0 spiro atoms. The van der Waals surface area contributed by atoms with Crippen LogP contribution in [0.4, 0.5) is 5.69 Å². The van der Waals surface area contributed by atoms with Gasteiger partial charge in [-0.3, -0.25) is 9.69 Å². The highest BCUT2D eigenvalue weighted by atomic mass is 16.3. The third-order valence-electron chi connectivity index (χ3n) is 3.44. The molecule has 1 N–H and O–H groups in total. The first-order valence-corrected chi connectivity index (χ1v) is 7.39. The van der Waals surface area contributed by atoms with Gasteiger partial charge in [-0.15, -0.1) is 0 Å². The molecule has 0 aliphatic heterocycles. The van der Waals surface area contributed by atoms with Crippen molar-refractivity contribution in [2.75, 3.05) is 31.6 Å². The molecule has 0 saturated carbocycles. The highest BCUT2D eigenvalue weighted by molar-refractivity contribution is 5.94. The normalized spacial score (nSPS) is 10.7. The molecule has 2 aromatic carbocycles. The number of anilines is 1. The molecule has 2 rings (SSSR count). The summed E-state index contributed by atoms with van der Waals surface area (Å²) in [6.45, 7) is 1.35. The molecule has 0 aromatic heterocycles. The molecule has 1 amide bonds. The van der Waals surface area contributed by atoms with Crippen LogP contribution in [0.3, 0.4) is 0 Å². The first kappa shape index (κ1) is 16.2. The van der Waals surface area contributed by atoms with Crippen LogP contribution in [-0.2, 0) is 11.3 Å². The molecule has 0 aliphatic carbocycles. The van der Waals surface area contributed by atoms with Crippen molar-refractivity contribution in [3.63, 3.8) is 0 Å². The van der Waals surface area contributed by atoms with Gasteiger partial charge in [0.15, 0.2) is 0 Å². The lowest BCUT2D eigenvalue weighted by molar-refractivity contribution is -0.119. The first-order chi connectivity index (χ1) is 10.7. The fourth-order valence-electron chi connectivity index (χ4n) is 2.26. The molecule has 0 radical (unpaired) electrons. The van der Waals surface area contributed by atoms with Crippen molar-refractivity contribution in [3.05, 3.63) is 66.2 Å². The number of aliphatic hydroxyl groups excluding tert-OH is 1. The summed E-state index contributed by atoms with van der Waals surface area (Å²) in [5.74, 6) is 0.0194. The first-order valence-electron chi connectivity index (χ1n) is 7.39. The summed E-state index contributed by atoms with van der Waals surface area (Å²) in [4.78, 5) is 16.2. The molecule has 0 atom stereocenters. The molecule has 0 aliphatic rings. The minimum absolute atomic E-state index is 0.0194. The van der Waals surface area contributed by atoms with Crippen LogP contribution >= 0.6 is 0 Å². The quantitative estimate of drug-likeness (QED) is 0.852. The van der Waals surface area contributed by atoms with E-state index in [9.17, 15) is 4.79 Å². The van der Waals surface area contributed by atoms with E-state index in [-0.39, 0.29) is 19.1 Å². The van der Waals surface area contributed by atoms with Gasteiger partial charge in [0.05, 0.1) is 19.7 Å². The Balaban J connectivity index is 2.16. The number of para-hydroxylation sites is 1. The molecule has 116 valence electrons. The van der Waals surface area contributed by atoms with Gasteiger partial charge in [0.2, 0.25) is 5.91 Å². The van der Waals surface area contributed by atoms with Crippen LogP contribution in [0.5, 0.6) is 0 Å². The maximum Gasteiger partial charge on any atom is 0.241 e. The van der Waals surface area contributed by atoms with Crippen LogP contribution < -0.4 is 4.90 Å². The molecule has 0 fully saturated rings. The second-order valence-corrected chi connectivity index (χ2v) is 5.26. The number of likely N-dealkylation sites (N-methyl/N-ethyl adjacent to an activating group) is 1. The molecule has 2 aromatic rings. The highest BCUT2D eigenvalue weighted by Crippen LogP contribution is 2.17. The van der Waals surface area contributed by atoms with E-state index >= 15 is 0 Å². The maximum atomic E-state index is 12.6. The predicted molar refractivity (Wildman–Crippen MR) is 88.7 cm³/mol. The third-order valence-corrected chi connectivity index (χ3v) is 3.44. The zero-order valence-corrected chi connectivity index (χ0v) is 12.9. The molecule has 0 heterocycles. The Morgan fingerprint density at radius 3 is 2.18 bits per heavy atom. The Morgan fingerprint density at radius 2 is 1.59 bits per heavy atom. The van der Waals surface area contributed by atoms with Crippen LogP contribution in [0.15, 0.2) is 60.7 Å². The van der Waals surface area contributed by atoms with Gasteiger partial charge < -0.3 is 10.0 Å². The van der Waals surface area contributed by atoms with E-state index in [0.29, 0.717) is 13.1 Å². The molecule has 4 heteroatoms. The number of hydrogen-bond acceptors (Lipinski definition) is 3. The average Bonchev–Trinajstić information content (AvgIpc) is 2.54. The second-order valence-electron chi connectivity index (χ2n) is 5.26. The van der Waals surface area contributed by atoms with Crippen molar-refractivity contribution in [2.45, 2.75) is 6.54 Å². The molecule has 22 heavy (non-hydrogen) atoms. The number of carbonyl (C=O) groups excluding carboxylic acids is 1. The number of carbonyl (C=O) groups is 1. The van der Waals surface area contributed by atoms with Gasteiger partial charge in [0.1, 0.15) is 0 Å². The molecule has 4 nitrogen and oxygen atoms in total. The second kappa shape index (κ2) is 8.32. The van der Waals surface area contributed by atoms with Crippen molar-refractivity contribution in [1.82, 2.24) is 4.90 Å². The Kier molecular flexibility index (Phi) is 6.13. The minimum Gasteiger partial charge on any atom is -0.395 e. The van der Waals surface area contributed by atoms with Gasteiger partial charge in [-0.05, 0) is 24.7 Å². The smallest absolute Gasteiger partial charge is 0.241 e. The standard InChI is InChI=1S/C18H22N2O2/c1-19(12-13-21)15-18(22)20(17-10-6-3-7-11-17)14-16-8-4-2-5-9-16/h2-11,21H,12-15H2,1H3. The lowest BCUT2D eigenvalue weighted by atomic mass is 10.2. The Morgan fingerprint density at radius 1 is 1.00 bits per heavy atom. The summed E-state index contributed by atoms with van der Waals surface area (Å²) >= 11 is 0. The van der Waals surface area contributed by atoms with Crippen LogP contribution in [-0.4, -0.2) is 42.7 Å². The lowest BCUT2D eigenvalue weighted by Crippen LogP contribution is -2.39. The number of hydrogen-bond donors (Lipinski definition) is 1. The summed E-state index contributed by atoms with van der Waals surface area (Å²) in [6, 6.07) is 19.6. The van der Waals surface area contributed by atoms with Gasteiger partial charge >= 0.3 is 0 Å². The summed E-state index contributed by atoms with van der Waals surface area (Å²) in [6.07, 6.45) is 0. The van der Waals surface area contributed by atoms with E-state index in [1.54, 1.807) is 4.90 Å². The van der Waals surface area contributed by atoms with E-state index in [4.69, 9.17) is 5.11 Å². The van der Waals surface area contributed by atoms with Crippen molar-refractivity contribution in [1.29, 1.82) is 0 Å². The van der Waals surface area contributed by atoms with Crippen LogP contribution in [0.25, 0.3) is 0 Å². The summed E-state index contributed by atoms with van der Waals surface area (Å²) in [5, 5.41) is 8.97. The van der Waals surface area contributed by atoms with E-state index in [1.807, 2.05) is 72.6 Å². The van der Waals surface area contributed by atoms with E-state index in [2.05, 4.69) is 0 Å². The van der Waals surface area contributed by atoms with E-state index < -0.39 is 0 Å². The van der Waals surface area contributed by atoms with Crippen molar-refractivity contribution in [3.8, 4) is 0 Å². The number of rotatable bonds is 7. The van der Waals surface area contributed by atoms with Gasteiger partial charge in [-0.1, -0.05) is 48.5 Å². The molecule has 0 saturated heterocycles. The van der Waals surface area contributed by atoms with Gasteiger partial charge in [0, 0.05) is 12.2 Å². The number of nitrogens with zero attached hydrogens (tertiary/aromatic N) is 2. The largest absolute Gasteiger partial charge is 0.395 e. The van der Waals surface area contributed by atoms with E-state index in [0.717, 1.165) is 11.3 Å². The third kappa shape index (κ3) is 4.69. The maximum absolute atomic E-state index is 12.6. The monoisotopic (exact) mass is 298 g/mol. The fourth-order valence-corrected chi connectivity index (χ4v) is 2.26. The molecule has 0 bridgehead atoms. The molecule has 0 unspecified atom stereocenters. The Hall–Kier alpha value is -2.17. The summed E-state index contributed by atoms with van der Waals surface area (Å²) < 4.78 is 0. The van der Waals surface area contributed by atoms with Gasteiger partial charge in [-0.25, -0.2) is 0 Å². The van der Waals surface area contributed by atoms with Gasteiger partial charge in [0.25, 0.3) is 0 Å². The number of benzene rings is 2. The van der Waals surface area contributed by atoms with Crippen molar-refractivity contribution in [2.24, 2.45) is 0 Å². The fraction of sp³-hybridized carbons (Fsp3) is 0.278. The van der Waals surface area contributed by atoms with Crippen molar-refractivity contribution >= 4 is 11.6 Å². The highest BCUT2D eigenvalue weighted by Gasteiger charge is 2.17. The average molecular weight is 298 g/mol. The van der Waals surface area contributed by atoms with E-state index in [1.165, 1.54) is 0 Å². The summed E-state index contributed by atoms with van der Waals surface area (Å²) in [7, 11) is 1.83. The zero-order chi connectivity index (χ0) is 15.8. The minimum atomic E-state index is 0.0194. The van der Waals surface area contributed by atoms with Crippen molar-refractivity contribution < 1.29 is 9.90 Å². The molecular formula is C18H22N2O2. The topological polar surface area (TPSA) is 43.8 Å². The number of aliphatic hydroxyl groups is 1. The van der Waals surface area contributed by atoms with Crippen LogP contribution in [0.1, 0.15) is 5.56 Å². The number of amides is 1. The van der Waals surface area contributed by atoms with Gasteiger partial charge in [-0.2, -0.15) is 0 Å². The SMILES string of the molecule is CN(CCO)CC(=O)N(Cc1ccccc1)c1ccccc1. The zero-order valence-electron chi connectivity index (χ0n) is 12.9. The Bertz CT molecular complexity index is 572. The van der Waals surface area contributed by atoms with Crippen LogP contribution in [0.2, 0.25) is 0 Å².